The second kappa shape index (κ2) is 6.19. The maximum atomic E-state index is 6.69. The van der Waals surface area contributed by atoms with E-state index >= 15 is 0 Å². The molecule has 0 aliphatic heterocycles. The van der Waals surface area contributed by atoms with Crippen molar-refractivity contribution in [3.05, 3.63) is 34.3 Å². The van der Waals surface area contributed by atoms with Gasteiger partial charge in [-0.3, -0.25) is 0 Å². The van der Waals surface area contributed by atoms with E-state index in [0.717, 1.165) is 25.2 Å². The molecule has 1 aromatic carbocycles. The van der Waals surface area contributed by atoms with Crippen LogP contribution in [0.3, 0.4) is 0 Å². The molecule has 0 unspecified atom stereocenters. The topological polar surface area (TPSA) is 26.0 Å². The van der Waals surface area contributed by atoms with Gasteiger partial charge in [-0.1, -0.05) is 61.3 Å². The summed E-state index contributed by atoms with van der Waals surface area (Å²) in [6, 6.07) is 8.48. The van der Waals surface area contributed by atoms with Gasteiger partial charge in [-0.2, -0.15) is 0 Å². The van der Waals surface area contributed by atoms with E-state index in [1.165, 1.54) is 29.3 Å². The summed E-state index contributed by atoms with van der Waals surface area (Å²) < 4.78 is 1.20. The number of hydrogen-bond donors (Lipinski definition) is 1. The van der Waals surface area contributed by atoms with Crippen LogP contribution in [0.5, 0.6) is 0 Å². The van der Waals surface area contributed by atoms with Gasteiger partial charge >= 0.3 is 0 Å². The van der Waals surface area contributed by atoms with E-state index in [9.17, 15) is 0 Å². The summed E-state index contributed by atoms with van der Waals surface area (Å²) in [5.74, 6) is 0.836. The lowest BCUT2D eigenvalue weighted by atomic mass is 9.65. The zero-order chi connectivity index (χ0) is 14.8. The summed E-state index contributed by atoms with van der Waals surface area (Å²) in [4.78, 5) is 0. The van der Waals surface area contributed by atoms with Gasteiger partial charge in [0, 0.05) is 10.0 Å². The summed E-state index contributed by atoms with van der Waals surface area (Å²) in [7, 11) is 0. The fourth-order valence-electron chi connectivity index (χ4n) is 3.46. The van der Waals surface area contributed by atoms with E-state index in [4.69, 9.17) is 5.73 Å². The third kappa shape index (κ3) is 3.65. The monoisotopic (exact) mass is 337 g/mol. The molecular weight excluding hydrogens is 310 g/mol. The summed E-state index contributed by atoms with van der Waals surface area (Å²) >= 11 is 3.65. The number of nitrogens with two attached hydrogens (primary N) is 1. The predicted molar refractivity (Wildman–Crippen MR) is 90.8 cm³/mol. The van der Waals surface area contributed by atoms with E-state index in [1.807, 2.05) is 0 Å². The molecule has 0 spiro atoms. The van der Waals surface area contributed by atoms with Crippen LogP contribution in [0, 0.1) is 11.3 Å². The normalized spacial score (nSPS) is 27.6. The first-order valence-electron chi connectivity index (χ1n) is 7.89. The largest absolute Gasteiger partial charge is 0.325 e. The van der Waals surface area contributed by atoms with Crippen molar-refractivity contribution in [1.82, 2.24) is 0 Å². The smallest absolute Gasteiger partial charge is 0.0207 e. The molecule has 0 saturated heterocycles. The van der Waals surface area contributed by atoms with Crippen LogP contribution in [0.15, 0.2) is 28.7 Å². The molecule has 0 atom stereocenters. The third-order valence-corrected chi connectivity index (χ3v) is 6.27. The highest BCUT2D eigenvalue weighted by atomic mass is 79.9. The van der Waals surface area contributed by atoms with Crippen LogP contribution in [0.4, 0.5) is 0 Å². The minimum Gasteiger partial charge on any atom is -0.325 e. The van der Waals surface area contributed by atoms with Gasteiger partial charge in [0.2, 0.25) is 0 Å². The fraction of sp³-hybridized carbons (Fsp3) is 0.667. The average molecular weight is 338 g/mol. The van der Waals surface area contributed by atoms with Crippen molar-refractivity contribution in [2.45, 2.75) is 64.8 Å². The maximum absolute atomic E-state index is 6.69. The van der Waals surface area contributed by atoms with Crippen LogP contribution in [0.2, 0.25) is 0 Å². The van der Waals surface area contributed by atoms with Gasteiger partial charge in [0.15, 0.2) is 0 Å². The van der Waals surface area contributed by atoms with Crippen molar-refractivity contribution in [1.29, 1.82) is 0 Å². The highest BCUT2D eigenvalue weighted by Crippen LogP contribution is 2.43. The van der Waals surface area contributed by atoms with Crippen LogP contribution >= 0.6 is 15.9 Å². The van der Waals surface area contributed by atoms with Gasteiger partial charge in [-0.05, 0) is 55.1 Å². The lowest BCUT2D eigenvalue weighted by Crippen LogP contribution is -2.47. The van der Waals surface area contributed by atoms with Crippen molar-refractivity contribution in [2.24, 2.45) is 17.1 Å². The quantitative estimate of drug-likeness (QED) is 0.790. The van der Waals surface area contributed by atoms with Crippen LogP contribution in [-0.4, -0.2) is 5.54 Å². The minimum absolute atomic E-state index is 0.00973. The van der Waals surface area contributed by atoms with E-state index in [1.54, 1.807) is 0 Å². The number of benzene rings is 1. The lowest BCUT2D eigenvalue weighted by molar-refractivity contribution is 0.115. The van der Waals surface area contributed by atoms with Crippen LogP contribution in [-0.2, 0) is 6.42 Å². The zero-order valence-corrected chi connectivity index (χ0v) is 14.7. The summed E-state index contributed by atoms with van der Waals surface area (Å²) in [5.41, 5.74) is 8.49. The van der Waals surface area contributed by atoms with Crippen molar-refractivity contribution in [2.75, 3.05) is 0 Å². The van der Waals surface area contributed by atoms with Gasteiger partial charge in [0.1, 0.15) is 0 Å². The molecule has 1 aliphatic carbocycles. The predicted octanol–water partition coefficient (Wildman–Crippen LogP) is 5.32. The Hall–Kier alpha value is -0.340. The Labute approximate surface area is 132 Å². The molecule has 1 nitrogen and oxygen atoms in total. The first-order valence-corrected chi connectivity index (χ1v) is 8.68. The third-order valence-electron chi connectivity index (χ3n) is 5.50. The Bertz CT molecular complexity index is 444. The molecule has 1 aromatic rings. The van der Waals surface area contributed by atoms with Gasteiger partial charge in [0.25, 0.3) is 0 Å². The van der Waals surface area contributed by atoms with Gasteiger partial charge in [-0.15, -0.1) is 0 Å². The molecule has 1 saturated carbocycles. The Morgan fingerprint density at radius 3 is 2.40 bits per heavy atom. The van der Waals surface area contributed by atoms with Crippen LogP contribution in [0.25, 0.3) is 0 Å². The fourth-order valence-corrected chi connectivity index (χ4v) is 3.89. The minimum atomic E-state index is -0.00973. The Balaban J connectivity index is 2.00. The zero-order valence-electron chi connectivity index (χ0n) is 13.1. The lowest BCUT2D eigenvalue weighted by Gasteiger charge is -2.43. The summed E-state index contributed by atoms with van der Waals surface area (Å²) in [6.07, 6.45) is 7.13. The molecule has 2 rings (SSSR count). The molecule has 0 amide bonds. The SMILES string of the molecule is CCC(C)(C)C1CCC(N)(Cc2ccccc2Br)CC1. The highest BCUT2D eigenvalue weighted by molar-refractivity contribution is 9.10. The Morgan fingerprint density at radius 2 is 1.85 bits per heavy atom. The van der Waals surface area contributed by atoms with Gasteiger partial charge in [0.05, 0.1) is 0 Å². The van der Waals surface area contributed by atoms with Crippen molar-refractivity contribution < 1.29 is 0 Å². The molecular formula is C18H28BrN. The van der Waals surface area contributed by atoms with Gasteiger partial charge in [-0.25, -0.2) is 0 Å². The van der Waals surface area contributed by atoms with Crippen LogP contribution < -0.4 is 5.73 Å². The van der Waals surface area contributed by atoms with E-state index in [2.05, 4.69) is 61.0 Å². The number of rotatable bonds is 4. The van der Waals surface area contributed by atoms with Crippen molar-refractivity contribution in [3.8, 4) is 0 Å². The molecule has 1 fully saturated rings. The second-order valence-electron chi connectivity index (χ2n) is 7.25. The molecule has 2 N–H and O–H groups in total. The van der Waals surface area contributed by atoms with Crippen LogP contribution in [0.1, 0.15) is 58.4 Å². The molecule has 0 bridgehead atoms. The van der Waals surface area contributed by atoms with Crippen molar-refractivity contribution >= 4 is 15.9 Å². The Kier molecular flexibility index (Phi) is 4.96. The van der Waals surface area contributed by atoms with Crippen molar-refractivity contribution in [3.63, 3.8) is 0 Å². The summed E-state index contributed by atoms with van der Waals surface area (Å²) in [5, 5.41) is 0. The standard InChI is InChI=1S/C18H28BrN/c1-4-17(2,3)15-9-11-18(20,12-10-15)13-14-7-5-6-8-16(14)19/h5-8,15H,4,9-13,20H2,1-3H3. The first-order chi connectivity index (χ1) is 9.36. The van der Waals surface area contributed by atoms with E-state index in [-0.39, 0.29) is 5.54 Å². The average Bonchev–Trinajstić information content (AvgIpc) is 2.42. The summed E-state index contributed by atoms with van der Waals surface area (Å²) in [6.45, 7) is 7.13. The molecule has 112 valence electrons. The second-order valence-corrected chi connectivity index (χ2v) is 8.10. The molecule has 0 heterocycles. The molecule has 2 heteroatoms. The van der Waals surface area contributed by atoms with E-state index in [0.29, 0.717) is 5.41 Å². The first kappa shape index (κ1) is 16.0. The number of halogens is 1. The number of hydrogen-bond acceptors (Lipinski definition) is 1. The molecule has 20 heavy (non-hydrogen) atoms. The highest BCUT2D eigenvalue weighted by Gasteiger charge is 2.37. The Morgan fingerprint density at radius 1 is 1.25 bits per heavy atom. The van der Waals surface area contributed by atoms with E-state index < -0.39 is 0 Å². The molecule has 1 aliphatic rings. The van der Waals surface area contributed by atoms with Gasteiger partial charge < -0.3 is 5.73 Å². The molecule has 0 radical (unpaired) electrons. The molecule has 0 aromatic heterocycles. The maximum Gasteiger partial charge on any atom is 0.0207 e.